The molecular weight excluding hydrogens is 316 g/mol. The minimum atomic E-state index is 0.112. The largest absolute Gasteiger partial charge is 0.359 e. The van der Waals surface area contributed by atoms with Gasteiger partial charge < -0.3 is 9.84 Å². The van der Waals surface area contributed by atoms with Crippen LogP contribution < -0.4 is 5.32 Å². The number of hydrogen-bond acceptors (Lipinski definition) is 5. The van der Waals surface area contributed by atoms with Crippen molar-refractivity contribution in [2.24, 2.45) is 5.92 Å². The van der Waals surface area contributed by atoms with Crippen molar-refractivity contribution in [1.29, 1.82) is 0 Å². The van der Waals surface area contributed by atoms with Crippen LogP contribution in [-0.4, -0.2) is 41.1 Å². The summed E-state index contributed by atoms with van der Waals surface area (Å²) in [5, 5.41) is 7.37. The topological polar surface area (TPSA) is 71.3 Å². The predicted octanol–water partition coefficient (Wildman–Crippen LogP) is 2.35. The van der Waals surface area contributed by atoms with Crippen molar-refractivity contribution in [2.75, 3.05) is 20.1 Å². The normalized spacial score (nSPS) is 16.4. The Balaban J connectivity index is 1.59. The fourth-order valence-electron chi connectivity index (χ4n) is 2.81. The number of halogens is 1. The number of carbonyl (C=O) groups is 1. The summed E-state index contributed by atoms with van der Waals surface area (Å²) in [6.45, 7) is 2.31. The first-order valence-corrected chi connectivity index (χ1v) is 8.06. The number of aromatic nitrogens is 2. The Hall–Kier alpha value is -1.92. The summed E-state index contributed by atoms with van der Waals surface area (Å²) in [4.78, 5) is 18.3. The monoisotopic (exact) mass is 334 g/mol. The molecule has 0 spiro atoms. The fourth-order valence-corrected chi connectivity index (χ4v) is 3.00. The Morgan fingerprint density at radius 3 is 2.91 bits per heavy atom. The van der Waals surface area contributed by atoms with Gasteiger partial charge in [-0.3, -0.25) is 9.69 Å². The molecule has 0 radical (unpaired) electrons. The third kappa shape index (κ3) is 3.89. The van der Waals surface area contributed by atoms with Crippen LogP contribution in [0.1, 0.15) is 18.7 Å². The molecule has 6 nitrogen and oxygen atoms in total. The molecule has 1 fully saturated rings. The van der Waals surface area contributed by atoms with E-state index in [0.717, 1.165) is 31.5 Å². The molecule has 1 aromatic carbocycles. The summed E-state index contributed by atoms with van der Waals surface area (Å²) in [6, 6.07) is 7.38. The van der Waals surface area contributed by atoms with Gasteiger partial charge in [0.25, 0.3) is 0 Å². The number of nitrogens with one attached hydrogen (secondary N) is 1. The average Bonchev–Trinajstić information content (AvgIpc) is 3.03. The van der Waals surface area contributed by atoms with Gasteiger partial charge in [-0.05, 0) is 38.1 Å². The van der Waals surface area contributed by atoms with E-state index in [-0.39, 0.29) is 11.8 Å². The highest BCUT2D eigenvalue weighted by atomic mass is 35.5. The van der Waals surface area contributed by atoms with E-state index in [1.165, 1.54) is 0 Å². The van der Waals surface area contributed by atoms with E-state index in [2.05, 4.69) is 20.4 Å². The van der Waals surface area contributed by atoms with Crippen LogP contribution in [-0.2, 0) is 11.3 Å². The molecule has 1 amide bonds. The second-order valence-corrected chi connectivity index (χ2v) is 6.12. The SMILES string of the molecule is CNC(=O)C1CCN(Cc2nc(-c3cccc(Cl)c3)no2)CC1. The number of piperidine rings is 1. The number of amides is 1. The van der Waals surface area contributed by atoms with Crippen molar-refractivity contribution in [3.8, 4) is 11.4 Å². The lowest BCUT2D eigenvalue weighted by atomic mass is 9.96. The standard InChI is InChI=1S/C16H19ClN4O2/c1-18-16(22)11-5-7-21(8-6-11)10-14-19-15(20-23-14)12-3-2-4-13(17)9-12/h2-4,9,11H,5-8,10H2,1H3,(H,18,22). The first-order valence-electron chi connectivity index (χ1n) is 7.68. The quantitative estimate of drug-likeness (QED) is 0.929. The van der Waals surface area contributed by atoms with E-state index >= 15 is 0 Å². The van der Waals surface area contributed by atoms with Crippen LogP contribution in [0.4, 0.5) is 0 Å². The number of carbonyl (C=O) groups excluding carboxylic acids is 1. The maximum Gasteiger partial charge on any atom is 0.241 e. The highest BCUT2D eigenvalue weighted by Gasteiger charge is 2.25. The minimum absolute atomic E-state index is 0.112. The number of benzene rings is 1. The lowest BCUT2D eigenvalue weighted by Crippen LogP contribution is -2.39. The van der Waals surface area contributed by atoms with Crippen LogP contribution in [0.3, 0.4) is 0 Å². The van der Waals surface area contributed by atoms with Crippen molar-refractivity contribution in [2.45, 2.75) is 19.4 Å². The Labute approximate surface area is 139 Å². The molecule has 3 rings (SSSR count). The second kappa shape index (κ2) is 7.10. The third-order valence-corrected chi connectivity index (χ3v) is 4.35. The minimum Gasteiger partial charge on any atom is -0.359 e. The van der Waals surface area contributed by atoms with E-state index in [9.17, 15) is 4.79 Å². The molecule has 0 aliphatic carbocycles. The van der Waals surface area contributed by atoms with Crippen molar-refractivity contribution in [3.05, 3.63) is 35.2 Å². The molecule has 122 valence electrons. The van der Waals surface area contributed by atoms with Gasteiger partial charge in [-0.1, -0.05) is 28.9 Å². The van der Waals surface area contributed by atoms with E-state index in [1.807, 2.05) is 24.3 Å². The van der Waals surface area contributed by atoms with Crippen LogP contribution in [0.2, 0.25) is 5.02 Å². The summed E-state index contributed by atoms with van der Waals surface area (Å²) in [6.07, 6.45) is 1.71. The fraction of sp³-hybridized carbons (Fsp3) is 0.438. The zero-order valence-corrected chi connectivity index (χ0v) is 13.7. The van der Waals surface area contributed by atoms with Crippen LogP contribution in [0.15, 0.2) is 28.8 Å². The van der Waals surface area contributed by atoms with Gasteiger partial charge in [-0.15, -0.1) is 0 Å². The van der Waals surface area contributed by atoms with Crippen LogP contribution in [0, 0.1) is 5.92 Å². The molecule has 1 N–H and O–H groups in total. The Morgan fingerprint density at radius 2 is 2.22 bits per heavy atom. The molecule has 2 aromatic rings. The van der Waals surface area contributed by atoms with Crippen LogP contribution in [0.25, 0.3) is 11.4 Å². The summed E-state index contributed by atoms with van der Waals surface area (Å²) < 4.78 is 5.33. The van der Waals surface area contributed by atoms with Gasteiger partial charge >= 0.3 is 0 Å². The molecule has 0 atom stereocenters. The molecule has 7 heteroatoms. The van der Waals surface area contributed by atoms with E-state index in [0.29, 0.717) is 23.3 Å². The molecule has 1 aliphatic heterocycles. The van der Waals surface area contributed by atoms with Crippen LogP contribution >= 0.6 is 11.6 Å². The zero-order valence-electron chi connectivity index (χ0n) is 13.0. The molecule has 2 heterocycles. The Morgan fingerprint density at radius 1 is 1.43 bits per heavy atom. The average molecular weight is 335 g/mol. The van der Waals surface area contributed by atoms with Crippen molar-refractivity contribution < 1.29 is 9.32 Å². The lowest BCUT2D eigenvalue weighted by Gasteiger charge is -2.29. The van der Waals surface area contributed by atoms with Crippen LogP contribution in [0.5, 0.6) is 0 Å². The number of nitrogens with zero attached hydrogens (tertiary/aromatic N) is 3. The number of rotatable bonds is 4. The van der Waals surface area contributed by atoms with Gasteiger partial charge in [-0.25, -0.2) is 0 Å². The summed E-state index contributed by atoms with van der Waals surface area (Å²) in [5.41, 5.74) is 0.839. The predicted molar refractivity (Wildman–Crippen MR) is 86.8 cm³/mol. The van der Waals surface area contributed by atoms with Gasteiger partial charge in [0.15, 0.2) is 0 Å². The number of hydrogen-bond donors (Lipinski definition) is 1. The third-order valence-electron chi connectivity index (χ3n) is 4.11. The molecule has 0 saturated carbocycles. The smallest absolute Gasteiger partial charge is 0.241 e. The van der Waals surface area contributed by atoms with Gasteiger partial charge in [0, 0.05) is 23.6 Å². The summed E-state index contributed by atoms with van der Waals surface area (Å²) >= 11 is 5.98. The van der Waals surface area contributed by atoms with E-state index in [1.54, 1.807) is 7.05 Å². The van der Waals surface area contributed by atoms with E-state index in [4.69, 9.17) is 16.1 Å². The van der Waals surface area contributed by atoms with Gasteiger partial charge in [0.05, 0.1) is 6.54 Å². The maximum atomic E-state index is 11.6. The molecule has 0 bridgehead atoms. The molecule has 1 aliphatic rings. The summed E-state index contributed by atoms with van der Waals surface area (Å²) in [5.74, 6) is 1.37. The first kappa shape index (κ1) is 16.0. The first-order chi connectivity index (χ1) is 11.2. The van der Waals surface area contributed by atoms with Gasteiger partial charge in [-0.2, -0.15) is 4.98 Å². The number of likely N-dealkylation sites (tertiary alicyclic amines) is 1. The molecule has 1 saturated heterocycles. The molecular formula is C16H19ClN4O2. The van der Waals surface area contributed by atoms with Gasteiger partial charge in [0.1, 0.15) is 0 Å². The highest BCUT2D eigenvalue weighted by molar-refractivity contribution is 6.30. The van der Waals surface area contributed by atoms with Crippen molar-refractivity contribution in [3.63, 3.8) is 0 Å². The molecule has 0 unspecified atom stereocenters. The van der Waals surface area contributed by atoms with Crippen molar-refractivity contribution >= 4 is 17.5 Å². The summed E-state index contributed by atoms with van der Waals surface area (Å²) in [7, 11) is 1.69. The van der Waals surface area contributed by atoms with Crippen molar-refractivity contribution in [1.82, 2.24) is 20.4 Å². The molecule has 23 heavy (non-hydrogen) atoms. The zero-order chi connectivity index (χ0) is 16.2. The lowest BCUT2D eigenvalue weighted by molar-refractivity contribution is -0.125. The van der Waals surface area contributed by atoms with Gasteiger partial charge in [0.2, 0.25) is 17.6 Å². The highest BCUT2D eigenvalue weighted by Crippen LogP contribution is 2.22. The Kier molecular flexibility index (Phi) is 4.93. The molecule has 1 aromatic heterocycles. The second-order valence-electron chi connectivity index (χ2n) is 5.69. The Bertz CT molecular complexity index is 680. The maximum absolute atomic E-state index is 11.6. The van der Waals surface area contributed by atoms with E-state index < -0.39 is 0 Å².